The highest BCUT2D eigenvalue weighted by molar-refractivity contribution is 14.1. The summed E-state index contributed by atoms with van der Waals surface area (Å²) in [6.45, 7) is 0.223. The second-order valence-electron chi connectivity index (χ2n) is 2.29. The fourth-order valence-corrected chi connectivity index (χ4v) is 2.58. The molecule has 0 saturated heterocycles. The summed E-state index contributed by atoms with van der Waals surface area (Å²) in [4.78, 5) is 3.63. The van der Waals surface area contributed by atoms with Gasteiger partial charge in [-0.05, 0) is 44.1 Å². The van der Waals surface area contributed by atoms with Crippen molar-refractivity contribution >= 4 is 38.5 Å². The molecule has 0 amide bonds. The molecule has 0 atom stereocenters. The van der Waals surface area contributed by atoms with Gasteiger partial charge in [-0.15, -0.1) is 0 Å². The Labute approximate surface area is 96.2 Å². The van der Waals surface area contributed by atoms with E-state index in [1.807, 2.05) is 22.6 Å². The van der Waals surface area contributed by atoms with Crippen molar-refractivity contribution in [2.45, 2.75) is 13.0 Å². The number of nitrogens with two attached hydrogens (primary N) is 1. The maximum absolute atomic E-state index is 12.4. The molecule has 0 unspecified atom stereocenters. The molecular weight excluding hydrogens is 357 g/mol. The maximum Gasteiger partial charge on any atom is 0.281 e. The molecule has 1 aromatic heterocycles. The van der Waals surface area contributed by atoms with Crippen molar-refractivity contribution in [1.29, 1.82) is 0 Å². The molecule has 0 spiro atoms. The molecule has 72 valence electrons. The van der Waals surface area contributed by atoms with Crippen LogP contribution in [0.3, 0.4) is 0 Å². The van der Waals surface area contributed by atoms with Gasteiger partial charge in [-0.3, -0.25) is 4.98 Å². The average Bonchev–Trinajstić information content (AvgIpc) is 2.04. The van der Waals surface area contributed by atoms with Crippen molar-refractivity contribution < 1.29 is 8.78 Å². The van der Waals surface area contributed by atoms with E-state index in [9.17, 15) is 8.78 Å². The zero-order chi connectivity index (χ0) is 10.0. The summed E-state index contributed by atoms with van der Waals surface area (Å²) in [7, 11) is 0. The quantitative estimate of drug-likeness (QED) is 0.821. The molecule has 0 aromatic carbocycles. The van der Waals surface area contributed by atoms with E-state index in [1.165, 1.54) is 6.20 Å². The van der Waals surface area contributed by atoms with Gasteiger partial charge in [-0.25, -0.2) is 8.78 Å². The molecular formula is C7H6BrF2IN2. The van der Waals surface area contributed by atoms with Gasteiger partial charge < -0.3 is 5.73 Å². The molecule has 0 aliphatic carbocycles. The molecule has 0 aliphatic rings. The van der Waals surface area contributed by atoms with Gasteiger partial charge in [0.25, 0.3) is 6.43 Å². The summed E-state index contributed by atoms with van der Waals surface area (Å²) >= 11 is 5.03. The topological polar surface area (TPSA) is 38.9 Å². The van der Waals surface area contributed by atoms with Crippen LogP contribution in [0, 0.1) is 3.57 Å². The second kappa shape index (κ2) is 4.61. The minimum Gasteiger partial charge on any atom is -0.326 e. The standard InChI is InChI=1S/C7H6BrF2IN2/c8-4-2-13-6(7(9)10)5(11)3(4)1-12/h2,7H,1,12H2. The first-order valence-corrected chi connectivity index (χ1v) is 5.26. The highest BCUT2D eigenvalue weighted by Gasteiger charge is 2.17. The Hall–Kier alpha value is 0.180. The molecule has 2 nitrogen and oxygen atoms in total. The first kappa shape index (κ1) is 11.3. The van der Waals surface area contributed by atoms with E-state index >= 15 is 0 Å². The monoisotopic (exact) mass is 362 g/mol. The Morgan fingerprint density at radius 3 is 2.69 bits per heavy atom. The van der Waals surface area contributed by atoms with Crippen LogP contribution in [0.1, 0.15) is 17.7 Å². The summed E-state index contributed by atoms with van der Waals surface area (Å²) in [5.41, 5.74) is 5.88. The van der Waals surface area contributed by atoms with Crippen LogP contribution < -0.4 is 5.73 Å². The Bertz CT molecular complexity index is 320. The fraction of sp³-hybridized carbons (Fsp3) is 0.286. The molecule has 1 rings (SSSR count). The SMILES string of the molecule is NCc1c(Br)cnc(C(F)F)c1I. The zero-order valence-corrected chi connectivity index (χ0v) is 10.1. The van der Waals surface area contributed by atoms with Gasteiger partial charge in [0.2, 0.25) is 0 Å². The molecule has 1 aromatic rings. The maximum atomic E-state index is 12.4. The number of halogens is 4. The fourth-order valence-electron chi connectivity index (χ4n) is 0.859. The third-order valence-corrected chi connectivity index (χ3v) is 3.39. The highest BCUT2D eigenvalue weighted by atomic mass is 127. The van der Waals surface area contributed by atoms with E-state index in [0.29, 0.717) is 13.6 Å². The average molecular weight is 363 g/mol. The van der Waals surface area contributed by atoms with Gasteiger partial charge in [0.05, 0.1) is 0 Å². The van der Waals surface area contributed by atoms with E-state index in [-0.39, 0.29) is 12.2 Å². The number of pyridine rings is 1. The molecule has 0 aliphatic heterocycles. The summed E-state index contributed by atoms with van der Waals surface area (Å²) in [5.74, 6) is 0. The van der Waals surface area contributed by atoms with Crippen molar-refractivity contribution in [2.75, 3.05) is 0 Å². The van der Waals surface area contributed by atoms with E-state index < -0.39 is 6.43 Å². The smallest absolute Gasteiger partial charge is 0.281 e. The van der Waals surface area contributed by atoms with Crippen LogP contribution in [0.15, 0.2) is 10.7 Å². The van der Waals surface area contributed by atoms with Crippen molar-refractivity contribution in [3.63, 3.8) is 0 Å². The van der Waals surface area contributed by atoms with Crippen LogP contribution in [-0.2, 0) is 6.54 Å². The Morgan fingerprint density at radius 1 is 1.62 bits per heavy atom. The van der Waals surface area contributed by atoms with Gasteiger partial charge >= 0.3 is 0 Å². The van der Waals surface area contributed by atoms with Crippen molar-refractivity contribution in [1.82, 2.24) is 4.98 Å². The number of rotatable bonds is 2. The van der Waals surface area contributed by atoms with Crippen LogP contribution in [0.2, 0.25) is 0 Å². The molecule has 6 heteroatoms. The minimum absolute atomic E-state index is 0.204. The van der Waals surface area contributed by atoms with E-state index in [4.69, 9.17) is 5.73 Å². The third kappa shape index (κ3) is 2.35. The van der Waals surface area contributed by atoms with Crippen molar-refractivity contribution in [3.8, 4) is 0 Å². The predicted molar refractivity (Wildman–Crippen MR) is 57.5 cm³/mol. The Kier molecular flexibility index (Phi) is 3.99. The molecule has 0 saturated carbocycles. The van der Waals surface area contributed by atoms with Gasteiger partial charge in [-0.2, -0.15) is 0 Å². The van der Waals surface area contributed by atoms with Gasteiger partial charge in [0.1, 0.15) is 5.69 Å². The molecule has 2 N–H and O–H groups in total. The third-order valence-electron chi connectivity index (χ3n) is 1.51. The normalized spacial score (nSPS) is 10.9. The Balaban J connectivity index is 3.27. The predicted octanol–water partition coefficient (Wildman–Crippen LogP) is 2.85. The molecule has 0 fully saturated rings. The summed E-state index contributed by atoms with van der Waals surface area (Å²) in [6.07, 6.45) is -1.20. The number of hydrogen-bond donors (Lipinski definition) is 1. The van der Waals surface area contributed by atoms with Crippen molar-refractivity contribution in [3.05, 3.63) is 25.5 Å². The molecule has 13 heavy (non-hydrogen) atoms. The van der Waals surface area contributed by atoms with E-state index in [0.717, 1.165) is 0 Å². The minimum atomic E-state index is -2.55. The number of alkyl halides is 2. The van der Waals surface area contributed by atoms with Crippen LogP contribution in [-0.4, -0.2) is 4.98 Å². The summed E-state index contributed by atoms with van der Waals surface area (Å²) in [6, 6.07) is 0. The molecule has 1 heterocycles. The number of hydrogen-bond acceptors (Lipinski definition) is 2. The summed E-state index contributed by atoms with van der Waals surface area (Å²) in [5, 5.41) is 0. The highest BCUT2D eigenvalue weighted by Crippen LogP contribution is 2.28. The summed E-state index contributed by atoms with van der Waals surface area (Å²) < 4.78 is 25.8. The lowest BCUT2D eigenvalue weighted by Gasteiger charge is -2.08. The van der Waals surface area contributed by atoms with Crippen molar-refractivity contribution in [2.24, 2.45) is 5.73 Å². The lowest BCUT2D eigenvalue weighted by atomic mass is 10.2. The van der Waals surface area contributed by atoms with E-state index in [2.05, 4.69) is 20.9 Å². The first-order chi connectivity index (χ1) is 6.07. The Morgan fingerprint density at radius 2 is 2.23 bits per heavy atom. The lowest BCUT2D eigenvalue weighted by Crippen LogP contribution is -2.05. The van der Waals surface area contributed by atoms with Crippen LogP contribution in [0.25, 0.3) is 0 Å². The second-order valence-corrected chi connectivity index (χ2v) is 4.22. The largest absolute Gasteiger partial charge is 0.326 e. The first-order valence-electron chi connectivity index (χ1n) is 3.39. The van der Waals surface area contributed by atoms with Crippen LogP contribution in [0.4, 0.5) is 8.78 Å². The van der Waals surface area contributed by atoms with Gasteiger partial charge in [0, 0.05) is 20.8 Å². The van der Waals surface area contributed by atoms with Gasteiger partial charge in [0.15, 0.2) is 0 Å². The number of aromatic nitrogens is 1. The number of nitrogens with zero attached hydrogens (tertiary/aromatic N) is 1. The van der Waals surface area contributed by atoms with E-state index in [1.54, 1.807) is 0 Å². The molecule has 0 radical (unpaired) electrons. The molecule has 0 bridgehead atoms. The van der Waals surface area contributed by atoms with Crippen LogP contribution >= 0.6 is 38.5 Å². The van der Waals surface area contributed by atoms with Gasteiger partial charge in [-0.1, -0.05) is 0 Å². The lowest BCUT2D eigenvalue weighted by molar-refractivity contribution is 0.145. The zero-order valence-electron chi connectivity index (χ0n) is 6.40. The van der Waals surface area contributed by atoms with Crippen LogP contribution in [0.5, 0.6) is 0 Å².